The van der Waals surface area contributed by atoms with E-state index in [1.807, 2.05) is 54.6 Å². The van der Waals surface area contributed by atoms with E-state index in [0.29, 0.717) is 33.9 Å². The van der Waals surface area contributed by atoms with Crippen LogP contribution in [-0.2, 0) is 0 Å². The summed E-state index contributed by atoms with van der Waals surface area (Å²) in [4.78, 5) is 23.0. The molecule has 8 heteroatoms. The topological polar surface area (TPSA) is 130 Å². The number of fused-ring (bicyclic) bond motifs is 1. The predicted octanol–water partition coefficient (Wildman–Crippen LogP) is 4.39. The lowest BCUT2D eigenvalue weighted by Crippen LogP contribution is -2.28. The van der Waals surface area contributed by atoms with Crippen LogP contribution in [-0.4, -0.2) is 21.6 Å². The fourth-order valence-corrected chi connectivity index (χ4v) is 3.57. The minimum atomic E-state index is -0.953. The van der Waals surface area contributed by atoms with Gasteiger partial charge in [-0.25, -0.2) is 4.98 Å². The minimum absolute atomic E-state index is 0.0138. The van der Waals surface area contributed by atoms with Crippen LogP contribution >= 0.6 is 0 Å². The number of hydrogen-bond donors (Lipinski definition) is 2. The quantitative estimate of drug-likeness (QED) is 0.319. The maximum Gasteiger partial charge on any atom is 0.269 e. The van der Waals surface area contributed by atoms with Gasteiger partial charge in [-0.2, -0.15) is 5.26 Å². The zero-order valence-corrected chi connectivity index (χ0v) is 18.4. The van der Waals surface area contributed by atoms with Gasteiger partial charge in [0.1, 0.15) is 40.5 Å². The number of rotatable bonds is 7. The average Bonchev–Trinajstić information content (AvgIpc) is 2.85. The number of aliphatic imine (C=N–C) groups is 1. The van der Waals surface area contributed by atoms with Gasteiger partial charge >= 0.3 is 0 Å². The number of benzene rings is 3. The highest BCUT2D eigenvalue weighted by atomic mass is 16.5. The normalized spacial score (nSPS) is 13.1. The number of nitrogens with zero attached hydrogens (tertiary/aromatic N) is 4. The summed E-state index contributed by atoms with van der Waals surface area (Å²) in [5.74, 6) is 0.377. The SMILES string of the molecule is CC(N=C(N)C(C#N)C=N)c1nc2cccc(Oc3ccccc3)c2c(=O)n1-c1ccccc1. The third kappa shape index (κ3) is 4.40. The molecular formula is C26H22N6O2. The first kappa shape index (κ1) is 22.4. The van der Waals surface area contributed by atoms with Gasteiger partial charge < -0.3 is 15.9 Å². The molecule has 4 aromatic rings. The minimum Gasteiger partial charge on any atom is -0.456 e. The predicted molar refractivity (Wildman–Crippen MR) is 132 cm³/mol. The molecule has 3 N–H and O–H groups in total. The largest absolute Gasteiger partial charge is 0.456 e. The fraction of sp³-hybridized carbons (Fsp3) is 0.115. The van der Waals surface area contributed by atoms with Gasteiger partial charge in [0.25, 0.3) is 5.56 Å². The molecule has 0 amide bonds. The van der Waals surface area contributed by atoms with Gasteiger partial charge in [-0.3, -0.25) is 14.4 Å². The van der Waals surface area contributed by atoms with Crippen molar-refractivity contribution in [3.05, 3.63) is 95.0 Å². The number of nitrogens with two attached hydrogens (primary N) is 1. The smallest absolute Gasteiger partial charge is 0.269 e. The second-order valence-electron chi connectivity index (χ2n) is 7.51. The number of amidine groups is 1. The van der Waals surface area contributed by atoms with Crippen molar-refractivity contribution in [3.63, 3.8) is 0 Å². The van der Waals surface area contributed by atoms with Gasteiger partial charge in [0.15, 0.2) is 0 Å². The second kappa shape index (κ2) is 9.79. The summed E-state index contributed by atoms with van der Waals surface area (Å²) in [5.41, 5.74) is 6.71. The molecule has 2 atom stereocenters. The highest BCUT2D eigenvalue weighted by Crippen LogP contribution is 2.29. The van der Waals surface area contributed by atoms with Crippen molar-refractivity contribution in [1.29, 1.82) is 10.7 Å². The molecule has 8 nitrogen and oxygen atoms in total. The molecule has 1 aromatic heterocycles. The van der Waals surface area contributed by atoms with Crippen molar-refractivity contribution in [2.45, 2.75) is 13.0 Å². The van der Waals surface area contributed by atoms with E-state index < -0.39 is 12.0 Å². The summed E-state index contributed by atoms with van der Waals surface area (Å²) in [6.07, 6.45) is 0.927. The van der Waals surface area contributed by atoms with Crippen LogP contribution in [0.4, 0.5) is 0 Å². The van der Waals surface area contributed by atoms with Gasteiger partial charge in [-0.1, -0.05) is 42.5 Å². The van der Waals surface area contributed by atoms with E-state index in [1.54, 1.807) is 37.3 Å². The van der Waals surface area contributed by atoms with Crippen molar-refractivity contribution < 1.29 is 4.74 Å². The lowest BCUT2D eigenvalue weighted by molar-refractivity contribution is 0.487. The van der Waals surface area contributed by atoms with Crippen molar-refractivity contribution in [3.8, 4) is 23.3 Å². The van der Waals surface area contributed by atoms with Gasteiger partial charge in [0, 0.05) is 6.21 Å². The summed E-state index contributed by atoms with van der Waals surface area (Å²) in [7, 11) is 0. The molecule has 1 heterocycles. The molecule has 0 saturated carbocycles. The Morgan fingerprint density at radius 1 is 1.12 bits per heavy atom. The second-order valence-corrected chi connectivity index (χ2v) is 7.51. The number of hydrogen-bond acceptors (Lipinski definition) is 6. The van der Waals surface area contributed by atoms with Gasteiger partial charge in [-0.15, -0.1) is 0 Å². The monoisotopic (exact) mass is 450 g/mol. The molecule has 0 radical (unpaired) electrons. The molecule has 0 aliphatic heterocycles. The Balaban J connectivity index is 1.95. The van der Waals surface area contributed by atoms with Crippen LogP contribution in [0.2, 0.25) is 0 Å². The van der Waals surface area contributed by atoms with E-state index in [4.69, 9.17) is 20.9 Å². The first-order valence-electron chi connectivity index (χ1n) is 10.6. The molecule has 0 saturated heterocycles. The van der Waals surface area contributed by atoms with Crippen LogP contribution in [0.15, 0.2) is 88.6 Å². The molecule has 0 bridgehead atoms. The van der Waals surface area contributed by atoms with E-state index in [-0.39, 0.29) is 11.4 Å². The summed E-state index contributed by atoms with van der Waals surface area (Å²) in [6.45, 7) is 1.74. The van der Waals surface area contributed by atoms with Gasteiger partial charge in [0.05, 0.1) is 17.3 Å². The number of nitriles is 1. The number of aromatic nitrogens is 2. The van der Waals surface area contributed by atoms with Crippen LogP contribution < -0.4 is 16.0 Å². The highest BCUT2D eigenvalue weighted by Gasteiger charge is 2.21. The Hall–Kier alpha value is -4.77. The number of para-hydroxylation sites is 2. The van der Waals surface area contributed by atoms with Crippen LogP contribution in [0.1, 0.15) is 18.8 Å². The Morgan fingerprint density at radius 2 is 1.79 bits per heavy atom. The van der Waals surface area contributed by atoms with Crippen LogP contribution in [0, 0.1) is 22.7 Å². The Morgan fingerprint density at radius 3 is 2.44 bits per heavy atom. The molecule has 168 valence electrons. The Labute approximate surface area is 196 Å². The Kier molecular flexibility index (Phi) is 6.46. The highest BCUT2D eigenvalue weighted by molar-refractivity contribution is 5.98. The third-order valence-electron chi connectivity index (χ3n) is 5.21. The van der Waals surface area contributed by atoms with Gasteiger partial charge in [0.2, 0.25) is 0 Å². The molecule has 0 fully saturated rings. The van der Waals surface area contributed by atoms with Crippen LogP contribution in [0.5, 0.6) is 11.5 Å². The van der Waals surface area contributed by atoms with Crippen molar-refractivity contribution in [2.24, 2.45) is 16.6 Å². The van der Waals surface area contributed by atoms with Gasteiger partial charge in [-0.05, 0) is 43.3 Å². The number of ether oxygens (including phenoxy) is 1. The lowest BCUT2D eigenvalue weighted by atomic mass is 10.1. The molecule has 2 unspecified atom stereocenters. The molecule has 0 aliphatic rings. The summed E-state index contributed by atoms with van der Waals surface area (Å²) >= 11 is 0. The summed E-state index contributed by atoms with van der Waals surface area (Å²) < 4.78 is 7.51. The first-order chi connectivity index (χ1) is 16.5. The summed E-state index contributed by atoms with van der Waals surface area (Å²) in [5, 5.41) is 16.9. The molecule has 4 rings (SSSR count). The summed E-state index contributed by atoms with van der Waals surface area (Å²) in [6, 6.07) is 24.8. The lowest BCUT2D eigenvalue weighted by Gasteiger charge is -2.18. The molecule has 34 heavy (non-hydrogen) atoms. The van der Waals surface area contributed by atoms with Crippen molar-refractivity contribution in [1.82, 2.24) is 9.55 Å². The van der Waals surface area contributed by atoms with E-state index in [2.05, 4.69) is 4.99 Å². The zero-order valence-electron chi connectivity index (χ0n) is 18.4. The zero-order chi connectivity index (χ0) is 24.1. The molecule has 3 aromatic carbocycles. The molecule has 0 aliphatic carbocycles. The van der Waals surface area contributed by atoms with E-state index in [9.17, 15) is 10.1 Å². The van der Waals surface area contributed by atoms with E-state index in [1.165, 1.54) is 4.57 Å². The average molecular weight is 451 g/mol. The van der Waals surface area contributed by atoms with Crippen LogP contribution in [0.3, 0.4) is 0 Å². The van der Waals surface area contributed by atoms with Crippen LogP contribution in [0.25, 0.3) is 16.6 Å². The maximum absolute atomic E-state index is 13.9. The third-order valence-corrected chi connectivity index (χ3v) is 5.21. The molecular weight excluding hydrogens is 428 g/mol. The first-order valence-corrected chi connectivity index (χ1v) is 10.6. The maximum atomic E-state index is 13.9. The van der Waals surface area contributed by atoms with Crippen molar-refractivity contribution in [2.75, 3.05) is 0 Å². The van der Waals surface area contributed by atoms with Crippen molar-refractivity contribution >= 4 is 23.0 Å². The van der Waals surface area contributed by atoms with E-state index >= 15 is 0 Å². The number of nitrogens with one attached hydrogen (secondary N) is 1. The van der Waals surface area contributed by atoms with E-state index in [0.717, 1.165) is 6.21 Å². The standard InChI is InChI=1S/C26H22N6O2/c1-17(30-24(29)18(15-27)16-28)25-31-21-13-8-14-22(34-20-11-6-3-7-12-20)23(21)26(33)32(25)19-9-4-2-5-10-19/h2-15,17-18,27H,1H3,(H2,29,30). The molecule has 0 spiro atoms. The Bertz CT molecular complexity index is 1460. The fourth-order valence-electron chi connectivity index (χ4n) is 3.57.